The van der Waals surface area contributed by atoms with Crippen molar-refractivity contribution < 1.29 is 18.3 Å². The van der Waals surface area contributed by atoms with Crippen LogP contribution in [-0.2, 0) is 16.7 Å². The number of halogens is 1. The minimum absolute atomic E-state index is 0.0196. The molecule has 6 heteroatoms. The Balaban J connectivity index is 3.22. The van der Waals surface area contributed by atoms with Gasteiger partial charge in [0, 0.05) is 11.8 Å². The monoisotopic (exact) mass is 260 g/mol. The lowest BCUT2D eigenvalue weighted by molar-refractivity contribution is 0.0697. The van der Waals surface area contributed by atoms with Gasteiger partial charge in [-0.2, -0.15) is 8.42 Å². The Morgan fingerprint density at radius 2 is 2.12 bits per heavy atom. The van der Waals surface area contributed by atoms with Crippen molar-refractivity contribution in [2.24, 2.45) is 0 Å². The molecule has 0 bridgehead atoms. The van der Waals surface area contributed by atoms with Gasteiger partial charge in [-0.1, -0.05) is 17.7 Å². The molecule has 0 spiro atoms. The maximum Gasteiger partial charge on any atom is 0.337 e. The molecule has 1 N–H and O–H groups in total. The fraction of sp³-hybridized carbons (Fsp3) is 0.200. The van der Waals surface area contributed by atoms with Crippen LogP contribution in [0.1, 0.15) is 21.5 Å². The second-order valence-electron chi connectivity index (χ2n) is 3.15. The van der Waals surface area contributed by atoms with Crippen LogP contribution in [0.25, 0.3) is 0 Å². The standard InChI is InChI=1S/C10H9ClO4S/c1-6-7(4-5-16(14)15)2-3-8(9(6)11)10(12)13/h2-3,5H,4H2,1H3,(H,12,13). The van der Waals surface area contributed by atoms with E-state index in [1.165, 1.54) is 6.07 Å². The summed E-state index contributed by atoms with van der Waals surface area (Å²) in [5.74, 6) is -1.10. The Morgan fingerprint density at radius 3 is 2.62 bits per heavy atom. The quantitative estimate of drug-likeness (QED) is 0.838. The maximum absolute atomic E-state index is 10.8. The smallest absolute Gasteiger partial charge is 0.337 e. The number of carboxylic acids is 1. The number of aromatic carboxylic acids is 1. The molecule has 1 aromatic carbocycles. The SMILES string of the molecule is Cc1c(CC=S(=O)=O)ccc(C(=O)O)c1Cl. The van der Waals surface area contributed by atoms with Crippen molar-refractivity contribution in [3.05, 3.63) is 33.8 Å². The highest BCUT2D eigenvalue weighted by atomic mass is 35.5. The molecule has 0 atom stereocenters. The molecule has 0 radical (unpaired) electrons. The van der Waals surface area contributed by atoms with E-state index in [9.17, 15) is 13.2 Å². The summed E-state index contributed by atoms with van der Waals surface area (Å²) in [4.78, 5) is 10.8. The van der Waals surface area contributed by atoms with Crippen LogP contribution in [0.2, 0.25) is 5.02 Å². The van der Waals surface area contributed by atoms with Crippen molar-refractivity contribution in [2.75, 3.05) is 0 Å². The predicted octanol–water partition coefficient (Wildman–Crippen LogP) is 1.57. The minimum atomic E-state index is -2.23. The van der Waals surface area contributed by atoms with E-state index in [0.717, 1.165) is 5.37 Å². The van der Waals surface area contributed by atoms with Gasteiger partial charge in [-0.25, -0.2) is 4.79 Å². The molecule has 0 aliphatic carbocycles. The third-order valence-electron chi connectivity index (χ3n) is 2.17. The molecule has 0 unspecified atom stereocenters. The summed E-state index contributed by atoms with van der Waals surface area (Å²) < 4.78 is 20.7. The van der Waals surface area contributed by atoms with Gasteiger partial charge in [-0.3, -0.25) is 0 Å². The van der Waals surface area contributed by atoms with Crippen LogP contribution in [0.15, 0.2) is 12.1 Å². The van der Waals surface area contributed by atoms with Crippen molar-refractivity contribution in [3.63, 3.8) is 0 Å². The number of carbonyl (C=O) groups is 1. The molecule has 0 saturated heterocycles. The topological polar surface area (TPSA) is 71.4 Å². The van der Waals surface area contributed by atoms with Crippen molar-refractivity contribution in [3.8, 4) is 0 Å². The second-order valence-corrected chi connectivity index (χ2v) is 4.38. The average Bonchev–Trinajstić information content (AvgIpc) is 2.19. The molecule has 0 aromatic heterocycles. The van der Waals surface area contributed by atoms with Gasteiger partial charge in [0.25, 0.3) is 0 Å². The van der Waals surface area contributed by atoms with Gasteiger partial charge in [0.05, 0.1) is 10.6 Å². The lowest BCUT2D eigenvalue weighted by atomic mass is 10.0. The van der Waals surface area contributed by atoms with E-state index in [0.29, 0.717) is 11.1 Å². The zero-order valence-corrected chi connectivity index (χ0v) is 9.97. The third kappa shape index (κ3) is 2.84. The summed E-state index contributed by atoms with van der Waals surface area (Å²) >= 11 is 5.86. The molecule has 1 aromatic rings. The Kier molecular flexibility index (Phi) is 4.09. The van der Waals surface area contributed by atoms with E-state index in [1.807, 2.05) is 0 Å². The number of hydrogen-bond acceptors (Lipinski definition) is 3. The van der Waals surface area contributed by atoms with Crippen LogP contribution < -0.4 is 0 Å². The maximum atomic E-state index is 10.8. The van der Waals surface area contributed by atoms with E-state index < -0.39 is 16.3 Å². The first-order valence-electron chi connectivity index (χ1n) is 4.36. The first kappa shape index (κ1) is 12.7. The second kappa shape index (κ2) is 5.14. The summed E-state index contributed by atoms with van der Waals surface area (Å²) in [5.41, 5.74) is 1.30. The highest BCUT2D eigenvalue weighted by molar-refractivity contribution is 7.71. The van der Waals surface area contributed by atoms with Crippen LogP contribution in [0.3, 0.4) is 0 Å². The van der Waals surface area contributed by atoms with Crippen molar-refractivity contribution in [1.82, 2.24) is 0 Å². The van der Waals surface area contributed by atoms with Gasteiger partial charge >= 0.3 is 5.97 Å². The number of hydrogen-bond donors (Lipinski definition) is 1. The molecule has 1 rings (SSSR count). The Hall–Kier alpha value is -1.33. The lowest BCUT2D eigenvalue weighted by Crippen LogP contribution is -2.01. The molecule has 0 heterocycles. The zero-order valence-electron chi connectivity index (χ0n) is 8.40. The van der Waals surface area contributed by atoms with Gasteiger partial charge in [0.2, 0.25) is 10.3 Å². The molecule has 0 aliphatic heterocycles. The Bertz CT molecular complexity index is 552. The third-order valence-corrected chi connectivity index (χ3v) is 3.09. The van der Waals surface area contributed by atoms with E-state index in [4.69, 9.17) is 16.7 Å². The molecular formula is C10H9ClO4S. The largest absolute Gasteiger partial charge is 0.478 e. The fourth-order valence-electron chi connectivity index (χ4n) is 1.27. The van der Waals surface area contributed by atoms with Gasteiger partial charge < -0.3 is 5.11 Å². The van der Waals surface area contributed by atoms with Crippen molar-refractivity contribution in [2.45, 2.75) is 13.3 Å². The highest BCUT2D eigenvalue weighted by Gasteiger charge is 2.12. The van der Waals surface area contributed by atoms with Crippen LogP contribution in [0, 0.1) is 6.92 Å². The summed E-state index contributed by atoms with van der Waals surface area (Å²) in [6.45, 7) is 1.66. The number of rotatable bonds is 3. The fourth-order valence-corrected chi connectivity index (χ4v) is 1.85. The number of benzene rings is 1. The van der Waals surface area contributed by atoms with Crippen molar-refractivity contribution >= 4 is 33.2 Å². The molecule has 86 valence electrons. The minimum Gasteiger partial charge on any atom is -0.478 e. The predicted molar refractivity (Wildman–Crippen MR) is 61.8 cm³/mol. The molecule has 0 aliphatic rings. The Morgan fingerprint density at radius 1 is 1.50 bits per heavy atom. The summed E-state index contributed by atoms with van der Waals surface area (Å²) in [5, 5.41) is 10.1. The Labute approximate surface area is 99.0 Å². The normalized spacial score (nSPS) is 9.88. The summed E-state index contributed by atoms with van der Waals surface area (Å²) in [6.07, 6.45) is 0.210. The number of carboxylic acid groups (broad SMARTS) is 1. The molecule has 16 heavy (non-hydrogen) atoms. The van der Waals surface area contributed by atoms with Crippen LogP contribution in [0.5, 0.6) is 0 Å². The molecule has 0 saturated carbocycles. The van der Waals surface area contributed by atoms with Crippen LogP contribution in [0.4, 0.5) is 0 Å². The first-order valence-corrected chi connectivity index (χ1v) is 5.87. The zero-order chi connectivity index (χ0) is 12.3. The molecule has 0 fully saturated rings. The van der Waals surface area contributed by atoms with Gasteiger partial charge in [-0.15, -0.1) is 0 Å². The van der Waals surface area contributed by atoms with E-state index in [1.54, 1.807) is 13.0 Å². The average molecular weight is 261 g/mol. The van der Waals surface area contributed by atoms with E-state index in [2.05, 4.69) is 0 Å². The van der Waals surface area contributed by atoms with Crippen molar-refractivity contribution in [1.29, 1.82) is 0 Å². The molecule has 4 nitrogen and oxygen atoms in total. The van der Waals surface area contributed by atoms with Gasteiger partial charge in [0.1, 0.15) is 0 Å². The molecular weight excluding hydrogens is 252 g/mol. The lowest BCUT2D eigenvalue weighted by Gasteiger charge is -2.07. The first-order chi connectivity index (χ1) is 7.43. The summed E-state index contributed by atoms with van der Waals surface area (Å²) in [6, 6.07) is 2.93. The molecule has 0 amide bonds. The van der Waals surface area contributed by atoms with Crippen LogP contribution >= 0.6 is 11.6 Å². The van der Waals surface area contributed by atoms with E-state index in [-0.39, 0.29) is 17.0 Å². The summed E-state index contributed by atoms with van der Waals surface area (Å²) in [7, 11) is -2.23. The highest BCUT2D eigenvalue weighted by Crippen LogP contribution is 2.24. The van der Waals surface area contributed by atoms with E-state index >= 15 is 0 Å². The van der Waals surface area contributed by atoms with Gasteiger partial charge in [0.15, 0.2) is 0 Å². The van der Waals surface area contributed by atoms with Gasteiger partial charge in [-0.05, 0) is 24.1 Å². The van der Waals surface area contributed by atoms with Crippen LogP contribution in [-0.4, -0.2) is 24.9 Å².